The van der Waals surface area contributed by atoms with Crippen LogP contribution in [0.1, 0.15) is 69.7 Å². The molecule has 0 amide bonds. The minimum absolute atomic E-state index is 0. The van der Waals surface area contributed by atoms with Crippen LogP contribution >= 0.6 is 23.2 Å². The van der Waals surface area contributed by atoms with Gasteiger partial charge in [0, 0.05) is 31.2 Å². The zero-order chi connectivity index (χ0) is 36.5. The molecule has 1 aliphatic heterocycles. The quantitative estimate of drug-likeness (QED) is 0.0598. The Labute approximate surface area is 283 Å². The number of rotatable bonds is 22. The van der Waals surface area contributed by atoms with Gasteiger partial charge in [-0.15, -0.1) is 0 Å². The van der Waals surface area contributed by atoms with Gasteiger partial charge in [0.25, 0.3) is 10.1 Å². The van der Waals surface area contributed by atoms with Crippen LogP contribution in [-0.4, -0.2) is 120 Å². The van der Waals surface area contributed by atoms with Gasteiger partial charge in [-0.25, -0.2) is 28.5 Å². The van der Waals surface area contributed by atoms with Crippen LogP contribution in [0.15, 0.2) is 0 Å². The van der Waals surface area contributed by atoms with Crippen LogP contribution in [0.4, 0.5) is 0 Å². The van der Waals surface area contributed by atoms with E-state index < -0.39 is 39.4 Å². The van der Waals surface area contributed by atoms with E-state index in [0.29, 0.717) is 26.4 Å². The van der Waals surface area contributed by atoms with Crippen LogP contribution in [0, 0.1) is 0 Å². The number of aliphatic hydroxyl groups is 2. The molecule has 0 aliphatic carbocycles. The lowest BCUT2D eigenvalue weighted by Gasteiger charge is -2.21. The van der Waals surface area contributed by atoms with E-state index in [-0.39, 0.29) is 52.5 Å². The van der Waals surface area contributed by atoms with Crippen molar-refractivity contribution in [1.82, 2.24) is 14.8 Å². The molecule has 0 aromatic heterocycles. The maximum absolute atomic E-state index is 12.0. The van der Waals surface area contributed by atoms with Crippen molar-refractivity contribution in [3.63, 3.8) is 0 Å². The summed E-state index contributed by atoms with van der Waals surface area (Å²) in [6.07, 6.45) is 0.949. The lowest BCUT2D eigenvalue weighted by molar-refractivity contribution is 0.195. The van der Waals surface area contributed by atoms with E-state index >= 15 is 0 Å². The van der Waals surface area contributed by atoms with Gasteiger partial charge >= 0.3 is 23.2 Å². The Morgan fingerprint density at radius 1 is 0.702 bits per heavy atom. The molecule has 0 unspecified atom stereocenters. The van der Waals surface area contributed by atoms with Crippen molar-refractivity contribution in [2.45, 2.75) is 87.9 Å². The minimum Gasteiger partial charge on any atom is -0.395 e. The van der Waals surface area contributed by atoms with Crippen molar-refractivity contribution in [1.29, 1.82) is 0 Å². The van der Waals surface area contributed by atoms with Gasteiger partial charge in [-0.2, -0.15) is 8.42 Å². The third-order valence-corrected chi connectivity index (χ3v) is 11.1. The molecule has 0 saturated carbocycles. The van der Waals surface area contributed by atoms with Crippen molar-refractivity contribution in [3.05, 3.63) is 0 Å². The lowest BCUT2D eigenvalue weighted by atomic mass is 10.4. The second-order valence-electron chi connectivity index (χ2n) is 9.32. The summed E-state index contributed by atoms with van der Waals surface area (Å²) in [5.74, 6) is 0. The monoisotopic (exact) mass is 770 g/mol. The normalized spacial score (nSPS) is 15.3. The first kappa shape index (κ1) is 53.9. The first-order valence-corrected chi connectivity index (χ1v) is 21.5. The molecule has 18 nitrogen and oxygen atoms in total. The van der Waals surface area contributed by atoms with Crippen LogP contribution in [-0.2, 0) is 55.1 Å². The van der Waals surface area contributed by atoms with Gasteiger partial charge in [0.1, 0.15) is 0 Å². The van der Waals surface area contributed by atoms with E-state index in [2.05, 4.69) is 14.4 Å². The maximum Gasteiger partial charge on any atom is 0.408 e. The number of nitrogens with one attached hydrogen (secondary N) is 2. The average Bonchev–Trinajstić information content (AvgIpc) is 3.80. The Kier molecular flexibility index (Phi) is 34.2. The fourth-order valence-electron chi connectivity index (χ4n) is 2.56. The lowest BCUT2D eigenvalue weighted by Crippen LogP contribution is -2.30. The molecule has 1 fully saturated rings. The first-order chi connectivity index (χ1) is 21.3. The van der Waals surface area contributed by atoms with Crippen molar-refractivity contribution in [3.8, 4) is 0 Å². The summed E-state index contributed by atoms with van der Waals surface area (Å²) in [5.41, 5.74) is 5.04. The van der Waals surface area contributed by atoms with Crippen molar-refractivity contribution < 1.29 is 63.7 Å². The highest BCUT2D eigenvalue weighted by Gasteiger charge is 2.40. The summed E-state index contributed by atoms with van der Waals surface area (Å²) >= 11 is 0. The summed E-state index contributed by atoms with van der Waals surface area (Å²) in [4.78, 5) is 0. The molecule has 290 valence electrons. The summed E-state index contributed by atoms with van der Waals surface area (Å²) in [5, 5.41) is 22.0. The van der Waals surface area contributed by atoms with Gasteiger partial charge in [-0.05, 0) is 62.3 Å². The molecule has 22 heteroatoms. The Balaban J connectivity index is -0.000000277. The second-order valence-corrected chi connectivity index (χ2v) is 16.5. The Morgan fingerprint density at radius 3 is 1.26 bits per heavy atom. The van der Waals surface area contributed by atoms with Crippen LogP contribution in [0.2, 0.25) is 0 Å². The van der Waals surface area contributed by atoms with E-state index in [1.165, 1.54) is 0 Å². The number of hydrogen-bond acceptors (Lipinski definition) is 15. The number of nitrogens with two attached hydrogens (primary N) is 1. The Hall–Kier alpha value is 0.120. The molecule has 0 bridgehead atoms. The Bertz CT molecular complexity index is 964. The van der Waals surface area contributed by atoms with Crippen molar-refractivity contribution in [2.75, 3.05) is 78.8 Å². The molecule has 0 aromatic rings. The van der Waals surface area contributed by atoms with Gasteiger partial charge < -0.3 is 15.9 Å². The summed E-state index contributed by atoms with van der Waals surface area (Å²) in [6.45, 7) is 19.0. The SMILES string of the molecule is C.CCOP(=O)(N[C@@H](C)CO)OCC.CCOP(=O)(N[C@@H](C)COS(C)(=O)=O)OCC.CCOP(=O)(OCC)N1CC1.C[C@H](N)CO. The van der Waals surface area contributed by atoms with E-state index in [0.717, 1.165) is 19.3 Å². The molecule has 6 N–H and O–H groups in total. The van der Waals surface area contributed by atoms with Gasteiger partial charge in [0.2, 0.25) is 0 Å². The fraction of sp³-hybridized carbons (Fsp3) is 1.00. The van der Waals surface area contributed by atoms with Crippen molar-refractivity contribution in [2.24, 2.45) is 5.73 Å². The van der Waals surface area contributed by atoms with Crippen LogP contribution < -0.4 is 15.9 Å². The maximum atomic E-state index is 12.0. The molecule has 0 aromatic carbocycles. The molecular weight excluding hydrogens is 705 g/mol. The van der Waals surface area contributed by atoms with E-state index in [1.807, 2.05) is 13.8 Å². The third-order valence-electron chi connectivity index (χ3n) is 4.40. The van der Waals surface area contributed by atoms with E-state index in [4.69, 9.17) is 43.1 Å². The molecule has 0 spiro atoms. The second kappa shape index (κ2) is 29.8. The first-order valence-electron chi connectivity index (χ1n) is 15.1. The molecule has 47 heavy (non-hydrogen) atoms. The zero-order valence-electron chi connectivity index (χ0n) is 29.1. The molecule has 1 rings (SSSR count). The Morgan fingerprint density at radius 2 is 1.02 bits per heavy atom. The number of nitrogens with zero attached hydrogens (tertiary/aromatic N) is 1. The number of aliphatic hydroxyl groups excluding tert-OH is 2. The largest absolute Gasteiger partial charge is 0.408 e. The molecular formula is C25H65N4O14P3S. The summed E-state index contributed by atoms with van der Waals surface area (Å²) < 4.78 is 93.2. The highest BCUT2D eigenvalue weighted by Crippen LogP contribution is 2.55. The molecule has 3 atom stereocenters. The topological polar surface area (TPSA) is 244 Å². The van der Waals surface area contributed by atoms with E-state index in [1.54, 1.807) is 53.1 Å². The smallest absolute Gasteiger partial charge is 0.395 e. The molecule has 1 heterocycles. The summed E-state index contributed by atoms with van der Waals surface area (Å²) in [6, 6.07) is -0.840. The molecule has 1 saturated heterocycles. The molecule has 1 aliphatic rings. The average molecular weight is 771 g/mol. The van der Waals surface area contributed by atoms with Crippen molar-refractivity contribution >= 4 is 33.4 Å². The van der Waals surface area contributed by atoms with Gasteiger partial charge in [-0.3, -0.25) is 31.3 Å². The van der Waals surface area contributed by atoms with E-state index in [9.17, 15) is 22.1 Å². The minimum atomic E-state index is -3.51. The van der Waals surface area contributed by atoms with Crippen LogP contribution in [0.3, 0.4) is 0 Å². The van der Waals surface area contributed by atoms with Crippen LogP contribution in [0.5, 0.6) is 0 Å². The van der Waals surface area contributed by atoms with Gasteiger partial charge in [0.05, 0.1) is 65.7 Å². The highest BCUT2D eigenvalue weighted by atomic mass is 32.2. The predicted octanol–water partition coefficient (Wildman–Crippen LogP) is 3.70. The van der Waals surface area contributed by atoms with Gasteiger partial charge in [0.15, 0.2) is 0 Å². The standard InChI is InChI=1S/C8H20NO6PS.C7H18NO4P.C6H14NO3P.C3H9NO.CH4/c1-5-13-16(10,14-6-2)9-8(3)7-15-17(4,11)12;1-4-11-13(10,12-5-2)8-7(3)6-9;1-3-9-11(8,10-4-2)7-5-6-7;1-3(4)2-5;/h8H,5-7H2,1-4H3,(H,9,10);7,9H,4-6H2,1-3H3,(H,8,10);3-6H2,1-2H3;3,5H,2,4H2,1H3;1H4/t8-;7-;;3-;/m00.0./s1. The predicted molar refractivity (Wildman–Crippen MR) is 185 cm³/mol. The highest BCUT2D eigenvalue weighted by molar-refractivity contribution is 7.86. The molecule has 0 radical (unpaired) electrons. The zero-order valence-corrected chi connectivity index (χ0v) is 32.6. The third kappa shape index (κ3) is 31.8. The summed E-state index contributed by atoms with van der Waals surface area (Å²) in [7, 11) is -12.9. The van der Waals surface area contributed by atoms with Crippen LogP contribution in [0.25, 0.3) is 0 Å². The fourth-order valence-corrected chi connectivity index (χ4v) is 7.69. The number of hydrogen-bond donors (Lipinski definition) is 5. The van der Waals surface area contributed by atoms with Gasteiger partial charge in [-0.1, -0.05) is 7.43 Å².